The Morgan fingerprint density at radius 2 is 2.00 bits per heavy atom. The highest BCUT2D eigenvalue weighted by atomic mass is 35.5. The molecule has 0 aromatic heterocycles. The van der Waals surface area contributed by atoms with Crippen LogP contribution in [-0.4, -0.2) is 17.6 Å². The summed E-state index contributed by atoms with van der Waals surface area (Å²) in [4.78, 5) is 22.0. The molecule has 6 nitrogen and oxygen atoms in total. The number of alkyl carbamates (subject to hydrolysis) is 1. The van der Waals surface area contributed by atoms with Crippen molar-refractivity contribution in [2.45, 2.75) is 6.61 Å². The third-order valence-electron chi connectivity index (χ3n) is 3.06. The number of carbonyl (C=O) groups is 1. The van der Waals surface area contributed by atoms with E-state index in [1.165, 1.54) is 6.07 Å². The van der Waals surface area contributed by atoms with E-state index in [1.54, 1.807) is 24.3 Å². The predicted octanol–water partition coefficient (Wildman–Crippen LogP) is 4.19. The van der Waals surface area contributed by atoms with E-state index in [0.29, 0.717) is 10.6 Å². The van der Waals surface area contributed by atoms with Crippen molar-refractivity contribution in [2.75, 3.05) is 6.54 Å². The molecule has 0 spiro atoms. The Bertz CT molecular complexity index is 748. The molecule has 0 aliphatic rings. The minimum Gasteiger partial charge on any atom is -0.445 e. The minimum atomic E-state index is -0.561. The van der Waals surface area contributed by atoms with Crippen LogP contribution in [0.2, 0.25) is 5.02 Å². The second-order valence-electron chi connectivity index (χ2n) is 4.81. The van der Waals surface area contributed by atoms with Crippen molar-refractivity contribution in [2.24, 2.45) is 0 Å². The number of benzene rings is 2. The van der Waals surface area contributed by atoms with Crippen LogP contribution >= 0.6 is 11.6 Å². The van der Waals surface area contributed by atoms with Gasteiger partial charge in [-0.05, 0) is 17.7 Å². The molecule has 2 aromatic carbocycles. The first kappa shape index (κ1) is 17.5. The van der Waals surface area contributed by atoms with Crippen molar-refractivity contribution in [1.29, 1.82) is 0 Å². The Morgan fingerprint density at radius 1 is 1.25 bits per heavy atom. The van der Waals surface area contributed by atoms with Gasteiger partial charge in [0.25, 0.3) is 5.69 Å². The van der Waals surface area contributed by atoms with Gasteiger partial charge in [0, 0.05) is 17.6 Å². The smallest absolute Gasteiger partial charge is 0.407 e. The van der Waals surface area contributed by atoms with Crippen molar-refractivity contribution in [3.8, 4) is 0 Å². The summed E-state index contributed by atoms with van der Waals surface area (Å²) in [6.45, 7) is 0.368. The van der Waals surface area contributed by atoms with Crippen LogP contribution in [0.5, 0.6) is 0 Å². The lowest BCUT2D eigenvalue weighted by molar-refractivity contribution is -0.385. The Kier molecular flexibility index (Phi) is 6.33. The van der Waals surface area contributed by atoms with Gasteiger partial charge >= 0.3 is 6.09 Å². The number of halogens is 1. The van der Waals surface area contributed by atoms with Crippen LogP contribution in [0, 0.1) is 10.1 Å². The maximum absolute atomic E-state index is 11.6. The molecule has 0 bridgehead atoms. The van der Waals surface area contributed by atoms with E-state index in [4.69, 9.17) is 16.3 Å². The molecule has 0 atom stereocenters. The molecule has 0 saturated heterocycles. The molecular weight excluding hydrogens is 332 g/mol. The van der Waals surface area contributed by atoms with Crippen molar-refractivity contribution >= 4 is 29.5 Å². The quantitative estimate of drug-likeness (QED) is 0.628. The van der Waals surface area contributed by atoms with Gasteiger partial charge in [-0.25, -0.2) is 4.79 Å². The summed E-state index contributed by atoms with van der Waals surface area (Å²) < 4.78 is 5.05. The first-order valence-corrected chi connectivity index (χ1v) is 7.49. The number of carbonyl (C=O) groups excluding carboxylic acids is 1. The molecule has 0 radical (unpaired) electrons. The summed E-state index contributed by atoms with van der Waals surface area (Å²) in [5, 5.41) is 13.8. The average molecular weight is 347 g/mol. The number of nitro benzene ring substituents is 1. The molecule has 1 N–H and O–H groups in total. The van der Waals surface area contributed by atoms with Gasteiger partial charge < -0.3 is 10.1 Å². The molecule has 0 saturated carbocycles. The summed E-state index contributed by atoms with van der Waals surface area (Å²) >= 11 is 5.75. The summed E-state index contributed by atoms with van der Waals surface area (Å²) in [7, 11) is 0. The van der Waals surface area contributed by atoms with Crippen LogP contribution in [0.25, 0.3) is 6.08 Å². The summed E-state index contributed by atoms with van der Waals surface area (Å²) in [5.74, 6) is 0. The van der Waals surface area contributed by atoms with E-state index in [9.17, 15) is 14.9 Å². The molecule has 124 valence electrons. The molecule has 0 aliphatic carbocycles. The van der Waals surface area contributed by atoms with Gasteiger partial charge in [0.2, 0.25) is 0 Å². The number of amides is 1. The lowest BCUT2D eigenvalue weighted by atomic mass is 10.1. The van der Waals surface area contributed by atoms with E-state index in [1.807, 2.05) is 30.3 Å². The molecule has 0 heterocycles. The molecule has 0 fully saturated rings. The molecule has 7 heteroatoms. The fourth-order valence-electron chi connectivity index (χ4n) is 1.92. The molecule has 0 unspecified atom stereocenters. The Balaban J connectivity index is 1.82. The van der Waals surface area contributed by atoms with Gasteiger partial charge in [-0.15, -0.1) is 0 Å². The number of hydrogen-bond donors (Lipinski definition) is 1. The van der Waals surface area contributed by atoms with Crippen LogP contribution in [0.3, 0.4) is 0 Å². The maximum Gasteiger partial charge on any atom is 0.407 e. The average Bonchev–Trinajstić information content (AvgIpc) is 2.58. The van der Waals surface area contributed by atoms with Crippen molar-refractivity contribution in [3.05, 3.63) is 80.9 Å². The van der Waals surface area contributed by atoms with E-state index >= 15 is 0 Å². The number of ether oxygens (including phenoxy) is 1. The van der Waals surface area contributed by atoms with E-state index < -0.39 is 11.0 Å². The number of nitrogens with zero attached hydrogens (tertiary/aromatic N) is 1. The fourth-order valence-corrected chi connectivity index (χ4v) is 2.08. The van der Waals surface area contributed by atoms with Gasteiger partial charge in [0.05, 0.1) is 10.5 Å². The van der Waals surface area contributed by atoms with E-state index in [0.717, 1.165) is 5.56 Å². The molecular formula is C17H15ClN2O4. The van der Waals surface area contributed by atoms with Crippen molar-refractivity contribution in [1.82, 2.24) is 5.32 Å². The van der Waals surface area contributed by atoms with Gasteiger partial charge in [-0.3, -0.25) is 10.1 Å². The zero-order valence-electron chi connectivity index (χ0n) is 12.6. The molecule has 0 aliphatic heterocycles. The van der Waals surface area contributed by atoms with Crippen LogP contribution in [-0.2, 0) is 11.3 Å². The first-order chi connectivity index (χ1) is 11.6. The second-order valence-corrected chi connectivity index (χ2v) is 5.24. The fraction of sp³-hybridized carbons (Fsp3) is 0.118. The van der Waals surface area contributed by atoms with Gasteiger partial charge in [-0.2, -0.15) is 0 Å². The first-order valence-electron chi connectivity index (χ1n) is 7.11. The van der Waals surface area contributed by atoms with Crippen LogP contribution in [0.1, 0.15) is 11.1 Å². The van der Waals surface area contributed by atoms with Crippen LogP contribution in [0.15, 0.2) is 54.6 Å². The molecule has 1 amide bonds. The van der Waals surface area contributed by atoms with Gasteiger partial charge in [0.1, 0.15) is 6.61 Å². The number of rotatable bonds is 6. The monoisotopic (exact) mass is 346 g/mol. The van der Waals surface area contributed by atoms with E-state index in [-0.39, 0.29) is 18.8 Å². The number of hydrogen-bond acceptors (Lipinski definition) is 4. The normalized spacial score (nSPS) is 10.5. The Labute approximate surface area is 143 Å². The SMILES string of the molecule is O=C(NCC=Cc1ccc(Cl)cc1[N+](=O)[O-])OCc1ccccc1. The summed E-state index contributed by atoms with van der Waals surface area (Å²) in [5.41, 5.74) is 1.20. The zero-order valence-corrected chi connectivity index (χ0v) is 13.4. The largest absolute Gasteiger partial charge is 0.445 e. The standard InChI is InChI=1S/C17H15ClN2O4/c18-15-9-8-14(16(11-15)20(22)23)7-4-10-19-17(21)24-12-13-5-2-1-3-6-13/h1-9,11H,10,12H2,(H,19,21). The molecule has 2 rings (SSSR count). The Morgan fingerprint density at radius 3 is 2.71 bits per heavy atom. The minimum absolute atomic E-state index is 0.0922. The molecule has 24 heavy (non-hydrogen) atoms. The predicted molar refractivity (Wildman–Crippen MR) is 91.8 cm³/mol. The van der Waals surface area contributed by atoms with Crippen LogP contribution in [0.4, 0.5) is 10.5 Å². The lowest BCUT2D eigenvalue weighted by Gasteiger charge is -2.05. The van der Waals surface area contributed by atoms with Gasteiger partial charge in [-0.1, -0.05) is 54.1 Å². The topological polar surface area (TPSA) is 81.5 Å². The lowest BCUT2D eigenvalue weighted by Crippen LogP contribution is -2.24. The van der Waals surface area contributed by atoms with Gasteiger partial charge in [0.15, 0.2) is 0 Å². The zero-order chi connectivity index (χ0) is 17.4. The van der Waals surface area contributed by atoms with Crippen LogP contribution < -0.4 is 5.32 Å². The Hall–Kier alpha value is -2.86. The van der Waals surface area contributed by atoms with Crippen molar-refractivity contribution in [3.63, 3.8) is 0 Å². The highest BCUT2D eigenvalue weighted by Gasteiger charge is 2.11. The number of nitrogens with one attached hydrogen (secondary N) is 1. The highest BCUT2D eigenvalue weighted by Crippen LogP contribution is 2.24. The van der Waals surface area contributed by atoms with E-state index in [2.05, 4.69) is 5.32 Å². The second kappa shape index (κ2) is 8.69. The third-order valence-corrected chi connectivity index (χ3v) is 3.30. The molecule has 2 aromatic rings. The number of nitro groups is 1. The third kappa shape index (κ3) is 5.40. The maximum atomic E-state index is 11.6. The summed E-state index contributed by atoms with van der Waals surface area (Å²) in [6.07, 6.45) is 2.58. The highest BCUT2D eigenvalue weighted by molar-refractivity contribution is 6.30. The summed E-state index contributed by atoms with van der Waals surface area (Å²) in [6, 6.07) is 13.7. The van der Waals surface area contributed by atoms with Crippen molar-refractivity contribution < 1.29 is 14.5 Å².